The predicted molar refractivity (Wildman–Crippen MR) is 113 cm³/mol. The van der Waals surface area contributed by atoms with Crippen LogP contribution in [0.25, 0.3) is 10.8 Å². The van der Waals surface area contributed by atoms with E-state index in [9.17, 15) is 9.59 Å². The summed E-state index contributed by atoms with van der Waals surface area (Å²) in [6.07, 6.45) is 2.85. The molecule has 0 radical (unpaired) electrons. The van der Waals surface area contributed by atoms with Gasteiger partial charge in [0.1, 0.15) is 11.5 Å². The lowest BCUT2D eigenvalue weighted by Crippen LogP contribution is -2.27. The molecule has 0 atom stereocenters. The molecular formula is C22H25N3O4. The minimum absolute atomic E-state index is 0.188. The summed E-state index contributed by atoms with van der Waals surface area (Å²) in [7, 11) is 3.08. The van der Waals surface area contributed by atoms with E-state index in [0.29, 0.717) is 34.5 Å². The zero-order valence-corrected chi connectivity index (χ0v) is 16.9. The zero-order chi connectivity index (χ0) is 20.8. The molecule has 1 N–H and O–H groups in total. The molecule has 3 aromatic rings. The van der Waals surface area contributed by atoms with Crippen molar-refractivity contribution in [3.63, 3.8) is 0 Å². The quantitative estimate of drug-likeness (QED) is 0.586. The summed E-state index contributed by atoms with van der Waals surface area (Å²) < 4.78 is 11.9. The lowest BCUT2D eigenvalue weighted by molar-refractivity contribution is 0.102. The number of rotatable bonds is 8. The van der Waals surface area contributed by atoms with Gasteiger partial charge in [0.15, 0.2) is 5.69 Å². The van der Waals surface area contributed by atoms with Gasteiger partial charge >= 0.3 is 0 Å². The minimum Gasteiger partial charge on any atom is -0.497 e. The molecule has 7 heteroatoms. The van der Waals surface area contributed by atoms with Crippen molar-refractivity contribution in [1.82, 2.24) is 9.78 Å². The van der Waals surface area contributed by atoms with Crippen LogP contribution >= 0.6 is 0 Å². The average molecular weight is 395 g/mol. The molecule has 0 unspecified atom stereocenters. The number of unbranched alkanes of at least 4 members (excludes halogenated alkanes) is 2. The highest BCUT2D eigenvalue weighted by molar-refractivity contribution is 6.11. The number of ether oxygens (including phenoxy) is 2. The van der Waals surface area contributed by atoms with Crippen LogP contribution in [0.15, 0.2) is 47.3 Å². The predicted octanol–water partition coefficient (Wildman–Crippen LogP) is 3.86. The lowest BCUT2D eigenvalue weighted by Gasteiger charge is -2.14. The first-order valence-electron chi connectivity index (χ1n) is 9.62. The SMILES string of the molecule is CCCCCn1nc(C(=O)Nc2cc(OC)ccc2OC)c2ccccc2c1=O. The topological polar surface area (TPSA) is 82.5 Å². The van der Waals surface area contributed by atoms with Gasteiger partial charge in [0.25, 0.3) is 11.5 Å². The van der Waals surface area contributed by atoms with Crippen LogP contribution in [-0.4, -0.2) is 29.9 Å². The van der Waals surface area contributed by atoms with Gasteiger partial charge in [-0.15, -0.1) is 0 Å². The number of aromatic nitrogens is 2. The van der Waals surface area contributed by atoms with E-state index in [1.807, 2.05) is 0 Å². The number of benzene rings is 2. The first-order valence-corrected chi connectivity index (χ1v) is 9.62. The van der Waals surface area contributed by atoms with E-state index in [1.165, 1.54) is 11.8 Å². The summed E-state index contributed by atoms with van der Waals surface area (Å²) in [6.45, 7) is 2.57. The highest BCUT2D eigenvalue weighted by atomic mass is 16.5. The van der Waals surface area contributed by atoms with Gasteiger partial charge in [0.2, 0.25) is 0 Å². The number of fused-ring (bicyclic) bond motifs is 1. The van der Waals surface area contributed by atoms with Gasteiger partial charge in [-0.1, -0.05) is 38.0 Å². The fourth-order valence-electron chi connectivity index (χ4n) is 3.16. The van der Waals surface area contributed by atoms with Crippen LogP contribution in [-0.2, 0) is 6.54 Å². The second-order valence-electron chi connectivity index (χ2n) is 6.65. The standard InChI is InChI=1S/C22H25N3O4/c1-4-5-8-13-25-22(27)17-10-7-6-9-16(17)20(24-25)21(26)23-18-14-15(28-2)11-12-19(18)29-3/h6-7,9-12,14H,4-5,8,13H2,1-3H3,(H,23,26). The van der Waals surface area contributed by atoms with Crippen LogP contribution in [0.1, 0.15) is 36.7 Å². The maximum Gasteiger partial charge on any atom is 0.276 e. The summed E-state index contributed by atoms with van der Waals surface area (Å²) in [5.41, 5.74) is 0.472. The number of nitrogens with zero attached hydrogens (tertiary/aromatic N) is 2. The number of anilines is 1. The van der Waals surface area contributed by atoms with E-state index in [4.69, 9.17) is 9.47 Å². The number of hydrogen-bond donors (Lipinski definition) is 1. The third kappa shape index (κ3) is 4.39. The molecule has 0 aliphatic rings. The molecule has 0 saturated carbocycles. The summed E-state index contributed by atoms with van der Waals surface area (Å²) in [5.74, 6) is 0.667. The van der Waals surface area contributed by atoms with Crippen molar-refractivity contribution in [2.45, 2.75) is 32.7 Å². The van der Waals surface area contributed by atoms with Gasteiger partial charge in [-0.3, -0.25) is 9.59 Å². The van der Waals surface area contributed by atoms with Crippen molar-refractivity contribution in [2.75, 3.05) is 19.5 Å². The molecule has 2 aromatic carbocycles. The summed E-state index contributed by atoms with van der Waals surface area (Å²) in [6, 6.07) is 12.2. The highest BCUT2D eigenvalue weighted by Crippen LogP contribution is 2.29. The van der Waals surface area contributed by atoms with E-state index in [2.05, 4.69) is 17.3 Å². The van der Waals surface area contributed by atoms with Crippen LogP contribution in [0, 0.1) is 0 Å². The normalized spacial score (nSPS) is 10.7. The molecular weight excluding hydrogens is 370 g/mol. The summed E-state index contributed by atoms with van der Waals surface area (Å²) in [4.78, 5) is 25.9. The fourth-order valence-corrected chi connectivity index (χ4v) is 3.16. The minimum atomic E-state index is -0.419. The Morgan fingerprint density at radius 1 is 1.07 bits per heavy atom. The monoisotopic (exact) mass is 395 g/mol. The second kappa shape index (κ2) is 9.23. The Bertz CT molecular complexity index is 1080. The van der Waals surface area contributed by atoms with Crippen LogP contribution in [0.5, 0.6) is 11.5 Å². The molecule has 152 valence electrons. The number of hydrogen-bond acceptors (Lipinski definition) is 5. The van der Waals surface area contributed by atoms with Crippen molar-refractivity contribution >= 4 is 22.4 Å². The van der Waals surface area contributed by atoms with Gasteiger partial charge in [-0.25, -0.2) is 4.68 Å². The van der Waals surface area contributed by atoms with E-state index >= 15 is 0 Å². The molecule has 3 rings (SSSR count). The van der Waals surface area contributed by atoms with Crippen molar-refractivity contribution in [2.24, 2.45) is 0 Å². The first-order chi connectivity index (χ1) is 14.1. The Labute approximate surface area is 169 Å². The molecule has 0 bridgehead atoms. The van der Waals surface area contributed by atoms with Crippen molar-refractivity contribution in [3.8, 4) is 11.5 Å². The number of amides is 1. The Kier molecular flexibility index (Phi) is 6.49. The number of methoxy groups -OCH3 is 2. The van der Waals surface area contributed by atoms with Crippen LogP contribution in [0.4, 0.5) is 5.69 Å². The Hall–Kier alpha value is -3.35. The maximum atomic E-state index is 13.1. The van der Waals surface area contributed by atoms with Crippen LogP contribution in [0.2, 0.25) is 0 Å². The van der Waals surface area contributed by atoms with Gasteiger partial charge in [0.05, 0.1) is 25.3 Å². The summed E-state index contributed by atoms with van der Waals surface area (Å²) >= 11 is 0. The third-order valence-electron chi connectivity index (χ3n) is 4.71. The molecule has 1 amide bonds. The highest BCUT2D eigenvalue weighted by Gasteiger charge is 2.18. The number of carbonyl (C=O) groups excluding carboxylic acids is 1. The van der Waals surface area contributed by atoms with Gasteiger partial charge in [-0.05, 0) is 24.6 Å². The molecule has 7 nitrogen and oxygen atoms in total. The van der Waals surface area contributed by atoms with E-state index in [0.717, 1.165) is 19.3 Å². The number of aryl methyl sites for hydroxylation is 1. The number of nitrogens with one attached hydrogen (secondary N) is 1. The van der Waals surface area contributed by atoms with Crippen LogP contribution < -0.4 is 20.3 Å². The molecule has 0 fully saturated rings. The lowest BCUT2D eigenvalue weighted by atomic mass is 10.1. The van der Waals surface area contributed by atoms with E-state index < -0.39 is 5.91 Å². The van der Waals surface area contributed by atoms with Gasteiger partial charge < -0.3 is 14.8 Å². The smallest absolute Gasteiger partial charge is 0.276 e. The summed E-state index contributed by atoms with van der Waals surface area (Å²) in [5, 5.41) is 8.21. The Morgan fingerprint density at radius 3 is 2.52 bits per heavy atom. The molecule has 0 spiro atoms. The zero-order valence-electron chi connectivity index (χ0n) is 16.9. The molecule has 0 saturated heterocycles. The third-order valence-corrected chi connectivity index (χ3v) is 4.71. The van der Waals surface area contributed by atoms with E-state index in [1.54, 1.807) is 49.6 Å². The maximum absolute atomic E-state index is 13.1. The van der Waals surface area contributed by atoms with E-state index in [-0.39, 0.29) is 11.3 Å². The fraction of sp³-hybridized carbons (Fsp3) is 0.318. The molecule has 0 aliphatic heterocycles. The van der Waals surface area contributed by atoms with Crippen molar-refractivity contribution < 1.29 is 14.3 Å². The first kappa shape index (κ1) is 20.4. The van der Waals surface area contributed by atoms with Gasteiger partial charge in [-0.2, -0.15) is 5.10 Å². The van der Waals surface area contributed by atoms with Gasteiger partial charge in [0, 0.05) is 18.0 Å². The molecule has 1 heterocycles. The molecule has 1 aromatic heterocycles. The van der Waals surface area contributed by atoms with Crippen molar-refractivity contribution in [3.05, 3.63) is 58.5 Å². The van der Waals surface area contributed by atoms with Crippen molar-refractivity contribution in [1.29, 1.82) is 0 Å². The Balaban J connectivity index is 2.03. The molecule has 0 aliphatic carbocycles. The van der Waals surface area contributed by atoms with Crippen LogP contribution in [0.3, 0.4) is 0 Å². The number of carbonyl (C=O) groups is 1. The largest absolute Gasteiger partial charge is 0.497 e. The Morgan fingerprint density at radius 2 is 1.83 bits per heavy atom. The second-order valence-corrected chi connectivity index (χ2v) is 6.65. The average Bonchev–Trinajstić information content (AvgIpc) is 2.75. The molecule has 29 heavy (non-hydrogen) atoms.